The van der Waals surface area contributed by atoms with Crippen LogP contribution in [0.4, 0.5) is 5.69 Å². The molecule has 2 aromatic rings. The van der Waals surface area contributed by atoms with E-state index in [9.17, 15) is 0 Å². The van der Waals surface area contributed by atoms with Crippen molar-refractivity contribution in [3.8, 4) is 0 Å². The molecule has 1 aromatic heterocycles. The summed E-state index contributed by atoms with van der Waals surface area (Å²) in [6.45, 7) is 2.02. The molecule has 0 radical (unpaired) electrons. The molecule has 12 heavy (non-hydrogen) atoms. The lowest BCUT2D eigenvalue weighted by Gasteiger charge is -2.03. The van der Waals surface area contributed by atoms with Gasteiger partial charge in [0.2, 0.25) is 0 Å². The number of aromatic nitrogens is 1. The molecule has 3 nitrogen and oxygen atoms in total. The number of hydrogen-bond acceptors (Lipinski definition) is 2. The van der Waals surface area contributed by atoms with Gasteiger partial charge in [-0.25, -0.2) is 0 Å². The van der Waals surface area contributed by atoms with Crippen molar-refractivity contribution in [2.45, 2.75) is 6.92 Å². The number of hydrazine groups is 1. The summed E-state index contributed by atoms with van der Waals surface area (Å²) in [5, 5.41) is 1.17. The number of H-pyrrole nitrogens is 1. The summed E-state index contributed by atoms with van der Waals surface area (Å²) in [7, 11) is 0. The first-order chi connectivity index (χ1) is 5.81. The molecule has 4 N–H and O–H groups in total. The first kappa shape index (κ1) is 7.18. The average molecular weight is 161 g/mol. The maximum atomic E-state index is 5.35. The van der Waals surface area contributed by atoms with E-state index in [2.05, 4.69) is 16.5 Å². The number of rotatable bonds is 1. The molecule has 0 atom stereocenters. The second-order valence-corrected chi connectivity index (χ2v) is 2.88. The van der Waals surface area contributed by atoms with Crippen LogP contribution >= 0.6 is 0 Å². The van der Waals surface area contributed by atoms with Crippen molar-refractivity contribution < 1.29 is 0 Å². The van der Waals surface area contributed by atoms with E-state index in [0.29, 0.717) is 0 Å². The Labute approximate surface area is 70.5 Å². The third-order valence-electron chi connectivity index (χ3n) is 2.05. The van der Waals surface area contributed by atoms with Gasteiger partial charge in [-0.3, -0.25) is 5.84 Å². The zero-order chi connectivity index (χ0) is 8.55. The molecule has 0 bridgehead atoms. The van der Waals surface area contributed by atoms with Crippen LogP contribution in [0.2, 0.25) is 0 Å². The Morgan fingerprint density at radius 2 is 2.25 bits per heavy atom. The Morgan fingerprint density at radius 1 is 1.42 bits per heavy atom. The summed E-state index contributed by atoms with van der Waals surface area (Å²) < 4.78 is 0. The van der Waals surface area contributed by atoms with Gasteiger partial charge in [-0.1, -0.05) is 0 Å². The standard InChI is InChI=1S/C9H11N3/c1-6-4-9-7(2-3-11-9)5-8(6)12-10/h2-5,11-12H,10H2,1H3. The molecular formula is C9H11N3. The molecule has 0 spiro atoms. The number of nitrogens with two attached hydrogens (primary N) is 1. The maximum Gasteiger partial charge on any atom is 0.0521 e. The van der Waals surface area contributed by atoms with Gasteiger partial charge < -0.3 is 10.4 Å². The average Bonchev–Trinajstić information content (AvgIpc) is 2.49. The van der Waals surface area contributed by atoms with Crippen LogP contribution < -0.4 is 11.3 Å². The SMILES string of the molecule is Cc1cc2[nH]ccc2cc1NN. The summed E-state index contributed by atoms with van der Waals surface area (Å²) in [5.41, 5.74) is 5.93. The molecule has 0 amide bonds. The van der Waals surface area contributed by atoms with Gasteiger partial charge in [0.05, 0.1) is 5.69 Å². The van der Waals surface area contributed by atoms with Crippen LogP contribution in [-0.4, -0.2) is 4.98 Å². The summed E-state index contributed by atoms with van der Waals surface area (Å²) in [6, 6.07) is 6.13. The molecule has 2 rings (SSSR count). The molecule has 62 valence electrons. The lowest BCUT2D eigenvalue weighted by atomic mass is 10.1. The van der Waals surface area contributed by atoms with Crippen LogP contribution in [0.5, 0.6) is 0 Å². The first-order valence-corrected chi connectivity index (χ1v) is 3.85. The first-order valence-electron chi connectivity index (χ1n) is 3.85. The van der Waals surface area contributed by atoms with E-state index in [0.717, 1.165) is 16.8 Å². The molecule has 3 heteroatoms. The number of benzene rings is 1. The zero-order valence-corrected chi connectivity index (χ0v) is 6.89. The van der Waals surface area contributed by atoms with Crippen LogP contribution in [0.1, 0.15) is 5.56 Å². The Bertz CT molecular complexity index is 403. The van der Waals surface area contributed by atoms with E-state index in [-0.39, 0.29) is 0 Å². The second-order valence-electron chi connectivity index (χ2n) is 2.88. The third kappa shape index (κ3) is 0.950. The fourth-order valence-corrected chi connectivity index (χ4v) is 1.36. The molecule has 0 unspecified atom stereocenters. The number of anilines is 1. The van der Waals surface area contributed by atoms with Crippen LogP contribution in [-0.2, 0) is 0 Å². The second kappa shape index (κ2) is 2.53. The predicted molar refractivity (Wildman–Crippen MR) is 50.8 cm³/mol. The highest BCUT2D eigenvalue weighted by Crippen LogP contribution is 2.21. The Balaban J connectivity index is 2.73. The lowest BCUT2D eigenvalue weighted by Crippen LogP contribution is -2.07. The van der Waals surface area contributed by atoms with E-state index in [1.165, 1.54) is 5.39 Å². The van der Waals surface area contributed by atoms with Crippen LogP contribution in [0.3, 0.4) is 0 Å². The number of nitrogen functional groups attached to an aromatic ring is 1. The minimum Gasteiger partial charge on any atom is -0.361 e. The summed E-state index contributed by atoms with van der Waals surface area (Å²) in [4.78, 5) is 3.14. The Kier molecular flexibility index (Phi) is 1.52. The normalized spacial score (nSPS) is 10.5. The fraction of sp³-hybridized carbons (Fsp3) is 0.111. The summed E-state index contributed by atoms with van der Waals surface area (Å²) >= 11 is 0. The monoisotopic (exact) mass is 161 g/mol. The highest BCUT2D eigenvalue weighted by atomic mass is 15.2. The van der Waals surface area contributed by atoms with Crippen molar-refractivity contribution in [3.05, 3.63) is 30.0 Å². The van der Waals surface area contributed by atoms with E-state index >= 15 is 0 Å². The number of hydrogen-bond donors (Lipinski definition) is 3. The van der Waals surface area contributed by atoms with Crippen molar-refractivity contribution in [1.82, 2.24) is 4.98 Å². The largest absolute Gasteiger partial charge is 0.361 e. The van der Waals surface area contributed by atoms with Crippen molar-refractivity contribution in [2.75, 3.05) is 5.43 Å². The smallest absolute Gasteiger partial charge is 0.0521 e. The molecule has 1 heterocycles. The van der Waals surface area contributed by atoms with E-state index in [1.807, 2.05) is 25.3 Å². The molecule has 0 saturated carbocycles. The predicted octanol–water partition coefficient (Wildman–Crippen LogP) is 1.76. The van der Waals surface area contributed by atoms with Crippen molar-refractivity contribution >= 4 is 16.6 Å². The maximum absolute atomic E-state index is 5.35. The number of aryl methyl sites for hydroxylation is 1. The van der Waals surface area contributed by atoms with Gasteiger partial charge in [0.1, 0.15) is 0 Å². The van der Waals surface area contributed by atoms with Gasteiger partial charge in [0, 0.05) is 17.1 Å². The minimum atomic E-state index is 0.974. The molecule has 0 aliphatic rings. The van der Waals surface area contributed by atoms with E-state index in [4.69, 9.17) is 5.84 Å². The topological polar surface area (TPSA) is 53.8 Å². The van der Waals surface area contributed by atoms with Gasteiger partial charge in [-0.15, -0.1) is 0 Å². The number of aromatic amines is 1. The number of fused-ring (bicyclic) bond motifs is 1. The van der Waals surface area contributed by atoms with E-state index in [1.54, 1.807) is 0 Å². The molecule has 1 aromatic carbocycles. The van der Waals surface area contributed by atoms with Gasteiger partial charge in [-0.05, 0) is 30.7 Å². The lowest BCUT2D eigenvalue weighted by molar-refractivity contribution is 1.32. The minimum absolute atomic E-state index is 0.974. The van der Waals surface area contributed by atoms with Crippen LogP contribution in [0.25, 0.3) is 10.9 Å². The van der Waals surface area contributed by atoms with Crippen molar-refractivity contribution in [1.29, 1.82) is 0 Å². The van der Waals surface area contributed by atoms with Gasteiger partial charge in [-0.2, -0.15) is 0 Å². The van der Waals surface area contributed by atoms with Crippen LogP contribution in [0.15, 0.2) is 24.4 Å². The van der Waals surface area contributed by atoms with E-state index < -0.39 is 0 Å². The van der Waals surface area contributed by atoms with Crippen molar-refractivity contribution in [3.63, 3.8) is 0 Å². The molecule has 0 aliphatic heterocycles. The third-order valence-corrected chi connectivity index (χ3v) is 2.05. The quantitative estimate of drug-likeness (QED) is 0.441. The van der Waals surface area contributed by atoms with Crippen LogP contribution in [0, 0.1) is 6.92 Å². The fourth-order valence-electron chi connectivity index (χ4n) is 1.36. The molecule has 0 aliphatic carbocycles. The molecular weight excluding hydrogens is 150 g/mol. The highest BCUT2D eigenvalue weighted by molar-refractivity contribution is 5.84. The van der Waals surface area contributed by atoms with Gasteiger partial charge in [0.25, 0.3) is 0 Å². The Morgan fingerprint density at radius 3 is 3.00 bits per heavy atom. The summed E-state index contributed by atoms with van der Waals surface area (Å²) in [6.07, 6.45) is 1.92. The van der Waals surface area contributed by atoms with Gasteiger partial charge >= 0.3 is 0 Å². The molecule has 0 fully saturated rings. The molecule has 0 saturated heterocycles. The number of nitrogens with one attached hydrogen (secondary N) is 2. The highest BCUT2D eigenvalue weighted by Gasteiger charge is 1.99. The Hall–Kier alpha value is -1.48. The van der Waals surface area contributed by atoms with Crippen molar-refractivity contribution in [2.24, 2.45) is 5.84 Å². The van der Waals surface area contributed by atoms with Gasteiger partial charge in [0.15, 0.2) is 0 Å². The zero-order valence-electron chi connectivity index (χ0n) is 6.89. The summed E-state index contributed by atoms with van der Waals surface area (Å²) in [5.74, 6) is 5.35.